The number of hydrogen-bond donors (Lipinski definition) is 4. The molecule has 0 bridgehead atoms. The first kappa shape index (κ1) is 43.4. The fourth-order valence-electron chi connectivity index (χ4n) is 9.10. The van der Waals surface area contributed by atoms with Gasteiger partial charge in [0.15, 0.2) is 0 Å². The number of rotatable bonds is 15. The van der Waals surface area contributed by atoms with Crippen LogP contribution in [0.2, 0.25) is 0 Å². The lowest BCUT2D eigenvalue weighted by atomic mass is 10.0. The minimum Gasteiger partial charge on any atom is -0.465 e. The van der Waals surface area contributed by atoms with Crippen LogP contribution in [0.1, 0.15) is 73.4 Å². The van der Waals surface area contributed by atoms with Crippen molar-refractivity contribution in [3.8, 4) is 33.6 Å². The van der Waals surface area contributed by atoms with Gasteiger partial charge in [0.2, 0.25) is 11.8 Å². The van der Waals surface area contributed by atoms with Gasteiger partial charge < -0.3 is 39.8 Å². The molecule has 4 heterocycles. The number of nitrogens with one attached hydrogen (secondary N) is 2. The lowest BCUT2D eigenvalue weighted by Crippen LogP contribution is -2.42. The standard InChI is InChI=1S/C50H54N8O6/c1-55(49(61)62)39(27-33-11-5-3-6-12-33)29-45(59)57-25-9-15-43(57)47-51-31-41(53-47)37-21-17-35(18-22-37)36-19-23-38(24-20-36)42-32-52-48(54-42)44-16-10-26-58(44)46(60)30-40(56(2)50(63)64)28-34-13-7-4-8-14-34/h3-8,11-14,17-24,31-32,39-40,43-44H,9-10,15-16,25-30H2,1-2H3,(H,51,53)(H,52,54)(H,61,62)(H,63,64)/t39-,40-,43+,44+/m1/s1. The Morgan fingerprint density at radius 3 is 1.30 bits per heavy atom. The summed E-state index contributed by atoms with van der Waals surface area (Å²) in [7, 11) is 3.05. The first-order valence-corrected chi connectivity index (χ1v) is 21.9. The third-order valence-corrected chi connectivity index (χ3v) is 12.8. The summed E-state index contributed by atoms with van der Waals surface area (Å²) in [4.78, 5) is 73.8. The molecule has 0 spiro atoms. The maximum Gasteiger partial charge on any atom is 0.407 e. The third kappa shape index (κ3) is 9.86. The Morgan fingerprint density at radius 2 is 0.938 bits per heavy atom. The molecule has 0 aliphatic carbocycles. The monoisotopic (exact) mass is 862 g/mol. The number of imidazole rings is 2. The van der Waals surface area contributed by atoms with Crippen molar-refractivity contribution in [1.29, 1.82) is 0 Å². The van der Waals surface area contributed by atoms with Crippen molar-refractivity contribution >= 4 is 24.0 Å². The smallest absolute Gasteiger partial charge is 0.407 e. The van der Waals surface area contributed by atoms with Crippen LogP contribution in [-0.2, 0) is 22.4 Å². The van der Waals surface area contributed by atoms with E-state index in [1.54, 1.807) is 12.4 Å². The Labute approximate surface area is 372 Å². The van der Waals surface area contributed by atoms with E-state index in [0.717, 1.165) is 82.1 Å². The van der Waals surface area contributed by atoms with Gasteiger partial charge in [-0.2, -0.15) is 0 Å². The van der Waals surface area contributed by atoms with E-state index < -0.39 is 24.3 Å². The number of hydrogen-bond acceptors (Lipinski definition) is 6. The molecule has 4 aromatic carbocycles. The van der Waals surface area contributed by atoms with Crippen LogP contribution in [0, 0.1) is 0 Å². The normalized spacial score (nSPS) is 17.0. The van der Waals surface area contributed by atoms with E-state index >= 15 is 0 Å². The van der Waals surface area contributed by atoms with E-state index in [9.17, 15) is 29.4 Å². The highest BCUT2D eigenvalue weighted by Crippen LogP contribution is 2.35. The van der Waals surface area contributed by atoms with Gasteiger partial charge in [-0.25, -0.2) is 19.6 Å². The average molecular weight is 863 g/mol. The van der Waals surface area contributed by atoms with E-state index in [1.807, 2.05) is 94.7 Å². The number of carbonyl (C=O) groups excluding carboxylic acids is 2. The number of carbonyl (C=O) groups is 4. The summed E-state index contributed by atoms with van der Waals surface area (Å²) in [6.45, 7) is 1.19. The van der Waals surface area contributed by atoms with Gasteiger partial charge in [0.05, 0.1) is 35.9 Å². The molecule has 8 rings (SSSR count). The number of H-pyrrole nitrogens is 2. The van der Waals surface area contributed by atoms with E-state index in [-0.39, 0.29) is 36.7 Å². The SMILES string of the molecule is CN(C(=O)O)[C@@H](CC(=O)N1CCC[C@H]1c1ncc(-c2ccc(-c3ccc(-c4cnc([C@@H]5CCCN5C(=O)C[C@@H](Cc5ccccc5)N(C)C(=O)O)[nH]4)cc3)cc2)[nH]1)Cc1ccccc1. The zero-order valence-corrected chi connectivity index (χ0v) is 36.1. The second-order valence-corrected chi connectivity index (χ2v) is 16.9. The molecule has 14 heteroatoms. The molecule has 64 heavy (non-hydrogen) atoms. The number of aromatic nitrogens is 4. The van der Waals surface area contributed by atoms with Crippen LogP contribution in [0.5, 0.6) is 0 Å². The van der Waals surface area contributed by atoms with Gasteiger partial charge in [-0.3, -0.25) is 9.59 Å². The molecular formula is C50H54N8O6. The summed E-state index contributed by atoms with van der Waals surface area (Å²) in [5.74, 6) is 1.27. The number of aromatic amines is 2. The number of nitrogens with zero attached hydrogens (tertiary/aromatic N) is 6. The van der Waals surface area contributed by atoms with Crippen LogP contribution >= 0.6 is 0 Å². The number of likely N-dealkylation sites (tertiary alicyclic amines) is 2. The largest absolute Gasteiger partial charge is 0.465 e. The predicted octanol–water partition coefficient (Wildman–Crippen LogP) is 8.68. The molecule has 2 saturated heterocycles. The highest BCUT2D eigenvalue weighted by Gasteiger charge is 2.36. The molecule has 4 atom stereocenters. The van der Waals surface area contributed by atoms with Crippen molar-refractivity contribution in [2.75, 3.05) is 27.2 Å². The van der Waals surface area contributed by atoms with E-state index in [4.69, 9.17) is 9.97 Å². The van der Waals surface area contributed by atoms with Crippen LogP contribution in [-0.4, -0.2) is 113 Å². The maximum absolute atomic E-state index is 13.7. The van der Waals surface area contributed by atoms with Crippen LogP contribution in [0.15, 0.2) is 122 Å². The average Bonchev–Trinajstić information content (AvgIpc) is 4.16. The molecule has 4 amide bonds. The van der Waals surface area contributed by atoms with E-state index in [2.05, 4.69) is 34.2 Å². The van der Waals surface area contributed by atoms with Crippen LogP contribution in [0.3, 0.4) is 0 Å². The Bertz CT molecular complexity index is 2370. The molecular weight excluding hydrogens is 809 g/mol. The van der Waals surface area contributed by atoms with Gasteiger partial charge in [0.1, 0.15) is 11.6 Å². The Hall–Kier alpha value is -7.22. The number of likely N-dealkylation sites (N-methyl/N-ethyl adjacent to an activating group) is 2. The molecule has 2 fully saturated rings. The van der Waals surface area contributed by atoms with Gasteiger partial charge in [-0.1, -0.05) is 109 Å². The fraction of sp³-hybridized carbons (Fsp3) is 0.320. The Kier molecular flexibility index (Phi) is 13.2. The summed E-state index contributed by atoms with van der Waals surface area (Å²) >= 11 is 0. The van der Waals surface area contributed by atoms with Gasteiger partial charge in [0.25, 0.3) is 0 Å². The fourth-order valence-corrected chi connectivity index (χ4v) is 9.10. The van der Waals surface area contributed by atoms with Gasteiger partial charge in [-0.05, 0) is 71.9 Å². The number of amides is 4. The molecule has 6 aromatic rings. The summed E-state index contributed by atoms with van der Waals surface area (Å²) in [6, 6.07) is 34.4. The van der Waals surface area contributed by atoms with Crippen molar-refractivity contribution in [3.63, 3.8) is 0 Å². The molecule has 2 aliphatic rings. The summed E-state index contributed by atoms with van der Waals surface area (Å²) in [5, 5.41) is 19.5. The second-order valence-electron chi connectivity index (χ2n) is 16.9. The third-order valence-electron chi connectivity index (χ3n) is 12.8. The molecule has 4 N–H and O–H groups in total. The zero-order valence-electron chi connectivity index (χ0n) is 36.1. The molecule has 0 unspecified atom stereocenters. The minimum atomic E-state index is -1.06. The summed E-state index contributed by atoms with van der Waals surface area (Å²) in [6.07, 6.45) is 5.77. The van der Waals surface area contributed by atoms with Gasteiger partial charge >= 0.3 is 12.2 Å². The topological polar surface area (TPSA) is 179 Å². The van der Waals surface area contributed by atoms with Crippen molar-refractivity contribution < 1.29 is 29.4 Å². The Balaban J connectivity index is 0.889. The maximum atomic E-state index is 13.7. The van der Waals surface area contributed by atoms with Crippen LogP contribution in [0.4, 0.5) is 9.59 Å². The number of benzene rings is 4. The predicted molar refractivity (Wildman–Crippen MR) is 243 cm³/mol. The highest BCUT2D eigenvalue weighted by molar-refractivity contribution is 5.79. The van der Waals surface area contributed by atoms with E-state index in [1.165, 1.54) is 23.9 Å². The highest BCUT2D eigenvalue weighted by atomic mass is 16.4. The van der Waals surface area contributed by atoms with Crippen LogP contribution in [0.25, 0.3) is 33.6 Å². The van der Waals surface area contributed by atoms with E-state index in [0.29, 0.717) is 25.9 Å². The molecule has 0 radical (unpaired) electrons. The van der Waals surface area contributed by atoms with Crippen molar-refractivity contribution in [1.82, 2.24) is 39.5 Å². The lowest BCUT2D eigenvalue weighted by molar-refractivity contribution is -0.134. The molecule has 14 nitrogen and oxygen atoms in total. The molecule has 2 aromatic heterocycles. The van der Waals surface area contributed by atoms with Crippen LogP contribution < -0.4 is 0 Å². The van der Waals surface area contributed by atoms with Crippen molar-refractivity contribution in [2.45, 2.75) is 75.5 Å². The first-order chi connectivity index (χ1) is 31.0. The molecule has 330 valence electrons. The van der Waals surface area contributed by atoms with Gasteiger partial charge in [-0.15, -0.1) is 0 Å². The summed E-state index contributed by atoms with van der Waals surface area (Å²) in [5.41, 5.74) is 7.67. The van der Waals surface area contributed by atoms with Crippen molar-refractivity contribution in [2.24, 2.45) is 0 Å². The van der Waals surface area contributed by atoms with Crippen molar-refractivity contribution in [3.05, 3.63) is 144 Å². The zero-order chi connectivity index (χ0) is 44.7. The van der Waals surface area contributed by atoms with Gasteiger partial charge in [0, 0.05) is 52.1 Å². The lowest BCUT2D eigenvalue weighted by Gasteiger charge is -2.29. The minimum absolute atomic E-state index is 0.0853. The second kappa shape index (κ2) is 19.4. The quantitative estimate of drug-likeness (QED) is 0.0792. The number of carboxylic acid groups (broad SMARTS) is 2. The first-order valence-electron chi connectivity index (χ1n) is 21.9. The molecule has 0 saturated carbocycles. The molecule has 2 aliphatic heterocycles. The summed E-state index contributed by atoms with van der Waals surface area (Å²) < 4.78 is 0. The Morgan fingerprint density at radius 1 is 0.578 bits per heavy atom.